The summed E-state index contributed by atoms with van der Waals surface area (Å²) in [4.78, 5) is 39.1. The number of pyridine rings is 1. The van der Waals surface area contributed by atoms with E-state index < -0.39 is 18.2 Å². The summed E-state index contributed by atoms with van der Waals surface area (Å²) in [7, 11) is 0. The second-order valence-corrected chi connectivity index (χ2v) is 12.6. The van der Waals surface area contributed by atoms with Crippen molar-refractivity contribution in [2.24, 2.45) is 5.92 Å². The van der Waals surface area contributed by atoms with Crippen LogP contribution in [0.25, 0.3) is 11.1 Å². The van der Waals surface area contributed by atoms with Gasteiger partial charge in [0.2, 0.25) is 5.91 Å². The van der Waals surface area contributed by atoms with Crippen molar-refractivity contribution in [3.63, 3.8) is 0 Å². The zero-order chi connectivity index (χ0) is 34.0. The van der Waals surface area contributed by atoms with Crippen LogP contribution in [-0.2, 0) is 32.2 Å². The van der Waals surface area contributed by atoms with Gasteiger partial charge in [-0.15, -0.1) is 11.8 Å². The lowest BCUT2D eigenvalue weighted by Gasteiger charge is -2.41. The number of amides is 1. The summed E-state index contributed by atoms with van der Waals surface area (Å²) in [5.41, 5.74) is 5.52. The Morgan fingerprint density at radius 1 is 0.875 bits per heavy atom. The summed E-state index contributed by atoms with van der Waals surface area (Å²) in [5.74, 6) is -1.78. The van der Waals surface area contributed by atoms with Gasteiger partial charge < -0.3 is 30.1 Å². The van der Waals surface area contributed by atoms with Crippen LogP contribution in [0, 0.1) is 5.92 Å². The number of carboxylic acids is 2. The summed E-state index contributed by atoms with van der Waals surface area (Å²) in [6.45, 7) is 2.30. The first-order chi connectivity index (χ1) is 23.2. The Balaban J connectivity index is 1.34. The molecule has 1 fully saturated rings. The van der Waals surface area contributed by atoms with Crippen molar-refractivity contribution in [3.05, 3.63) is 119 Å². The van der Waals surface area contributed by atoms with Crippen molar-refractivity contribution >= 4 is 29.6 Å². The molecule has 1 amide bonds. The maximum atomic E-state index is 12.3. The van der Waals surface area contributed by atoms with Crippen LogP contribution < -0.4 is 5.32 Å². The third kappa shape index (κ3) is 8.87. The molecular weight excluding hydrogens is 632 g/mol. The lowest BCUT2D eigenvalue weighted by molar-refractivity contribution is -0.268. The van der Waals surface area contributed by atoms with Gasteiger partial charge in [0.05, 0.1) is 24.4 Å². The van der Waals surface area contributed by atoms with Crippen molar-refractivity contribution in [1.29, 1.82) is 0 Å². The second kappa shape index (κ2) is 16.5. The fraction of sp³-hybridized carbons (Fsp3) is 0.297. The lowest BCUT2D eigenvalue weighted by Crippen LogP contribution is -2.38. The molecule has 4 atom stereocenters. The molecule has 10 nitrogen and oxygen atoms in total. The SMILES string of the molecule is C[C@H]1[C@@H](CSc2ncccc2C(=O)O)O[C@@H](c2ccc(-c3ccccc3CNC(=O)CCCC(=O)O)cc2)O[C@H]1c1ccc(CO)cc1. The van der Waals surface area contributed by atoms with Crippen LogP contribution in [0.3, 0.4) is 0 Å². The number of rotatable bonds is 14. The Hall–Kier alpha value is -4.55. The van der Waals surface area contributed by atoms with Gasteiger partial charge in [0, 0.05) is 42.8 Å². The Morgan fingerprint density at radius 3 is 2.31 bits per heavy atom. The first-order valence-corrected chi connectivity index (χ1v) is 16.7. The maximum Gasteiger partial charge on any atom is 0.338 e. The van der Waals surface area contributed by atoms with Crippen molar-refractivity contribution in [3.8, 4) is 11.1 Å². The van der Waals surface area contributed by atoms with Crippen LogP contribution >= 0.6 is 11.8 Å². The number of nitrogens with one attached hydrogen (secondary N) is 1. The second-order valence-electron chi connectivity index (χ2n) is 11.6. The molecule has 0 radical (unpaired) electrons. The minimum atomic E-state index is -1.04. The first kappa shape index (κ1) is 34.8. The van der Waals surface area contributed by atoms with Gasteiger partial charge >= 0.3 is 11.9 Å². The highest BCUT2D eigenvalue weighted by Crippen LogP contribution is 2.43. The summed E-state index contributed by atoms with van der Waals surface area (Å²) < 4.78 is 13.1. The van der Waals surface area contributed by atoms with Crippen LogP contribution in [0.2, 0.25) is 0 Å². The minimum absolute atomic E-state index is 0.0457. The van der Waals surface area contributed by atoms with E-state index in [-0.39, 0.29) is 55.5 Å². The topological polar surface area (TPSA) is 155 Å². The van der Waals surface area contributed by atoms with E-state index in [1.54, 1.807) is 12.3 Å². The largest absolute Gasteiger partial charge is 0.481 e. The molecule has 0 aliphatic carbocycles. The van der Waals surface area contributed by atoms with E-state index in [2.05, 4.69) is 10.3 Å². The standard InChI is InChI=1S/C37H38N2O8S/c1-23-31(22-48-35-30(36(44)45)8-5-19-38-35)46-37(47-34(23)26-13-11-24(21-40)12-14-26)27-17-15-25(16-18-27)29-7-3-2-6-28(29)20-39-32(41)9-4-10-33(42)43/h2-3,5-8,11-19,23,31,34,37,40H,4,9-10,20-22H2,1H3,(H,39,41)(H,42,43)(H,44,45)/t23-,31+,34+,37+/m0/s1. The molecule has 4 aromatic rings. The highest BCUT2D eigenvalue weighted by molar-refractivity contribution is 7.99. The predicted octanol–water partition coefficient (Wildman–Crippen LogP) is 6.39. The van der Waals surface area contributed by atoms with E-state index in [1.807, 2.05) is 79.7 Å². The van der Waals surface area contributed by atoms with Crippen molar-refractivity contribution in [2.45, 2.75) is 62.9 Å². The first-order valence-electron chi connectivity index (χ1n) is 15.7. The number of carboxylic acid groups (broad SMARTS) is 2. The lowest BCUT2D eigenvalue weighted by atomic mass is 9.91. The Kier molecular flexibility index (Phi) is 12.0. The zero-order valence-electron chi connectivity index (χ0n) is 26.5. The average Bonchev–Trinajstić information content (AvgIpc) is 3.10. The Bertz CT molecular complexity index is 1710. The minimum Gasteiger partial charge on any atom is -0.481 e. The molecule has 0 bridgehead atoms. The molecule has 1 aromatic heterocycles. The number of carbonyl (C=O) groups is 3. The average molecular weight is 671 g/mol. The van der Waals surface area contributed by atoms with Crippen LogP contribution in [0.5, 0.6) is 0 Å². The molecule has 3 aromatic carbocycles. The van der Waals surface area contributed by atoms with Crippen LogP contribution in [0.4, 0.5) is 0 Å². The molecule has 1 saturated heterocycles. The highest BCUT2D eigenvalue weighted by atomic mass is 32.2. The number of nitrogens with zero attached hydrogens (tertiary/aromatic N) is 1. The van der Waals surface area contributed by atoms with Gasteiger partial charge in [-0.05, 0) is 46.4 Å². The summed E-state index contributed by atoms with van der Waals surface area (Å²) >= 11 is 1.34. The van der Waals surface area contributed by atoms with E-state index in [9.17, 15) is 24.6 Å². The Morgan fingerprint density at radius 2 is 1.60 bits per heavy atom. The Labute approximate surface area is 283 Å². The summed E-state index contributed by atoms with van der Waals surface area (Å²) in [6.07, 6.45) is 0.631. The number of carbonyl (C=O) groups excluding carboxylic acids is 1. The van der Waals surface area contributed by atoms with Crippen molar-refractivity contribution in [2.75, 3.05) is 5.75 Å². The molecular formula is C37H38N2O8S. The number of aromatic nitrogens is 1. The number of benzene rings is 3. The van der Waals surface area contributed by atoms with Gasteiger partial charge in [0.15, 0.2) is 6.29 Å². The number of aromatic carboxylic acids is 1. The molecule has 1 aliphatic rings. The molecule has 0 saturated carbocycles. The van der Waals surface area contributed by atoms with Gasteiger partial charge in [0.25, 0.3) is 0 Å². The van der Waals surface area contributed by atoms with E-state index in [1.165, 1.54) is 17.8 Å². The number of ether oxygens (including phenoxy) is 2. The number of aliphatic hydroxyl groups is 1. The molecule has 1 aliphatic heterocycles. The maximum absolute atomic E-state index is 12.3. The third-order valence-corrected chi connectivity index (χ3v) is 9.38. The van der Waals surface area contributed by atoms with Crippen LogP contribution in [0.15, 0.2) is 96.2 Å². The predicted molar refractivity (Wildman–Crippen MR) is 180 cm³/mol. The summed E-state index contributed by atoms with van der Waals surface area (Å²) in [5, 5.41) is 31.3. The molecule has 48 heavy (non-hydrogen) atoms. The van der Waals surface area contributed by atoms with Gasteiger partial charge in [-0.1, -0.05) is 79.7 Å². The smallest absolute Gasteiger partial charge is 0.338 e. The fourth-order valence-electron chi connectivity index (χ4n) is 5.60. The molecule has 0 spiro atoms. The van der Waals surface area contributed by atoms with E-state index in [0.717, 1.165) is 33.4 Å². The van der Waals surface area contributed by atoms with Gasteiger partial charge in [-0.25, -0.2) is 9.78 Å². The number of thioether (sulfide) groups is 1. The van der Waals surface area contributed by atoms with Crippen molar-refractivity contribution in [1.82, 2.24) is 10.3 Å². The van der Waals surface area contributed by atoms with Gasteiger partial charge in [-0.2, -0.15) is 0 Å². The summed E-state index contributed by atoms with van der Waals surface area (Å²) in [6, 6.07) is 26.4. The van der Waals surface area contributed by atoms with Gasteiger partial charge in [0.1, 0.15) is 5.03 Å². The number of hydrogen-bond acceptors (Lipinski definition) is 8. The highest BCUT2D eigenvalue weighted by Gasteiger charge is 2.38. The third-order valence-electron chi connectivity index (χ3n) is 8.29. The molecule has 0 unspecified atom stereocenters. The van der Waals surface area contributed by atoms with E-state index in [0.29, 0.717) is 17.3 Å². The number of aliphatic hydroxyl groups excluding tert-OH is 1. The number of hydrogen-bond donors (Lipinski definition) is 4. The van der Waals surface area contributed by atoms with Crippen LogP contribution in [-0.4, -0.2) is 50.0 Å². The van der Waals surface area contributed by atoms with E-state index >= 15 is 0 Å². The molecule has 4 N–H and O–H groups in total. The van der Waals surface area contributed by atoms with Crippen molar-refractivity contribution < 1.29 is 39.2 Å². The molecule has 250 valence electrons. The number of aliphatic carboxylic acids is 1. The zero-order valence-corrected chi connectivity index (χ0v) is 27.3. The monoisotopic (exact) mass is 670 g/mol. The van der Waals surface area contributed by atoms with Crippen LogP contribution in [0.1, 0.15) is 71.2 Å². The fourth-order valence-corrected chi connectivity index (χ4v) is 6.75. The van der Waals surface area contributed by atoms with Gasteiger partial charge in [-0.3, -0.25) is 9.59 Å². The van der Waals surface area contributed by atoms with E-state index in [4.69, 9.17) is 14.6 Å². The molecule has 2 heterocycles. The molecule has 5 rings (SSSR count). The molecule has 11 heteroatoms. The normalized spacial score (nSPS) is 19.0. The quantitative estimate of drug-likeness (QED) is 0.111.